The molecular weight excluding hydrogens is 516 g/mol. The minimum absolute atomic E-state index is 0.532. The summed E-state index contributed by atoms with van der Waals surface area (Å²) in [6, 6.07) is 15.8. The molecule has 0 aliphatic heterocycles. The number of aromatic nitrogens is 2. The van der Waals surface area contributed by atoms with E-state index in [0.29, 0.717) is 5.13 Å². The topological polar surface area (TPSA) is 69.0 Å². The van der Waals surface area contributed by atoms with Gasteiger partial charge in [-0.2, -0.15) is 0 Å². The first-order chi connectivity index (χ1) is 19.8. The molecule has 40 heavy (non-hydrogen) atoms. The SMILES string of the molecule is CCCCCCCCCCOc1ccc(N=Nc2nnc(-c3ccc(OCCCCCCCCC)cc3)s2)cc1. The molecule has 2 aromatic carbocycles. The molecule has 0 amide bonds. The maximum atomic E-state index is 5.90. The smallest absolute Gasteiger partial charge is 0.252 e. The fourth-order valence-corrected chi connectivity index (χ4v) is 5.12. The Labute approximate surface area is 245 Å². The molecule has 3 aromatic rings. The Balaban J connectivity index is 1.33. The van der Waals surface area contributed by atoms with Crippen molar-refractivity contribution < 1.29 is 9.47 Å². The van der Waals surface area contributed by atoms with E-state index in [9.17, 15) is 0 Å². The van der Waals surface area contributed by atoms with Crippen molar-refractivity contribution in [2.24, 2.45) is 10.2 Å². The molecule has 0 N–H and O–H groups in total. The van der Waals surface area contributed by atoms with Crippen LogP contribution in [0.3, 0.4) is 0 Å². The molecule has 0 fully saturated rings. The Morgan fingerprint density at radius 1 is 0.550 bits per heavy atom. The highest BCUT2D eigenvalue weighted by molar-refractivity contribution is 7.18. The summed E-state index contributed by atoms with van der Waals surface area (Å²) in [5.74, 6) is 1.76. The summed E-state index contributed by atoms with van der Waals surface area (Å²) >= 11 is 1.42. The fourth-order valence-electron chi connectivity index (χ4n) is 4.45. The zero-order valence-electron chi connectivity index (χ0n) is 24.7. The molecule has 0 unspecified atom stereocenters. The Morgan fingerprint density at radius 2 is 1.02 bits per heavy atom. The summed E-state index contributed by atoms with van der Waals surface area (Å²) in [4.78, 5) is 0. The summed E-state index contributed by atoms with van der Waals surface area (Å²) in [7, 11) is 0. The van der Waals surface area contributed by atoms with Crippen LogP contribution >= 0.6 is 11.3 Å². The first kappa shape index (κ1) is 31.7. The highest BCUT2D eigenvalue weighted by Gasteiger charge is 2.07. The van der Waals surface area contributed by atoms with Crippen molar-refractivity contribution >= 4 is 22.2 Å². The third-order valence-electron chi connectivity index (χ3n) is 6.89. The molecule has 0 aliphatic rings. The highest BCUT2D eigenvalue weighted by atomic mass is 32.1. The maximum Gasteiger partial charge on any atom is 0.252 e. The van der Waals surface area contributed by atoms with Gasteiger partial charge >= 0.3 is 0 Å². The van der Waals surface area contributed by atoms with Crippen molar-refractivity contribution in [1.29, 1.82) is 0 Å². The van der Waals surface area contributed by atoms with E-state index in [4.69, 9.17) is 9.47 Å². The van der Waals surface area contributed by atoms with Crippen LogP contribution in [0.15, 0.2) is 58.8 Å². The Hall–Kier alpha value is -2.80. The first-order valence-corrected chi connectivity index (χ1v) is 16.3. The summed E-state index contributed by atoms with van der Waals surface area (Å²) in [6.07, 6.45) is 19.4. The van der Waals surface area contributed by atoms with Crippen LogP contribution < -0.4 is 9.47 Å². The summed E-state index contributed by atoms with van der Waals surface area (Å²) in [5, 5.41) is 18.4. The van der Waals surface area contributed by atoms with Gasteiger partial charge in [0.1, 0.15) is 16.5 Å². The second-order valence-electron chi connectivity index (χ2n) is 10.4. The molecule has 0 aliphatic carbocycles. The highest BCUT2D eigenvalue weighted by Crippen LogP contribution is 2.30. The molecule has 0 spiro atoms. The van der Waals surface area contributed by atoms with Gasteiger partial charge < -0.3 is 9.47 Å². The van der Waals surface area contributed by atoms with Crippen LogP contribution in [-0.2, 0) is 0 Å². The molecule has 7 heteroatoms. The van der Waals surface area contributed by atoms with Gasteiger partial charge in [-0.25, -0.2) is 0 Å². The lowest BCUT2D eigenvalue weighted by Crippen LogP contribution is -1.97. The lowest BCUT2D eigenvalue weighted by atomic mass is 10.1. The van der Waals surface area contributed by atoms with Crippen molar-refractivity contribution in [2.45, 2.75) is 110 Å². The van der Waals surface area contributed by atoms with Crippen LogP contribution in [0, 0.1) is 0 Å². The number of rotatable bonds is 22. The van der Waals surface area contributed by atoms with Gasteiger partial charge in [0.15, 0.2) is 0 Å². The lowest BCUT2D eigenvalue weighted by molar-refractivity contribution is 0.304. The number of hydrogen-bond donors (Lipinski definition) is 0. The van der Waals surface area contributed by atoms with Gasteiger partial charge in [0.05, 0.1) is 18.9 Å². The zero-order valence-corrected chi connectivity index (χ0v) is 25.5. The van der Waals surface area contributed by atoms with Crippen molar-refractivity contribution in [3.05, 3.63) is 48.5 Å². The molecule has 218 valence electrons. The largest absolute Gasteiger partial charge is 0.494 e. The molecule has 0 atom stereocenters. The predicted octanol–water partition coefficient (Wildman–Crippen LogP) is 11.3. The van der Waals surface area contributed by atoms with Crippen LogP contribution in [0.1, 0.15) is 110 Å². The van der Waals surface area contributed by atoms with E-state index >= 15 is 0 Å². The normalized spacial score (nSPS) is 11.3. The van der Waals surface area contributed by atoms with Gasteiger partial charge in [-0.15, -0.1) is 20.4 Å². The van der Waals surface area contributed by atoms with Crippen LogP contribution in [0.2, 0.25) is 0 Å². The van der Waals surface area contributed by atoms with E-state index < -0.39 is 0 Å². The molecule has 0 saturated carbocycles. The van der Waals surface area contributed by atoms with E-state index in [1.54, 1.807) is 0 Å². The quantitative estimate of drug-likeness (QED) is 0.0899. The third kappa shape index (κ3) is 13.0. The molecule has 6 nitrogen and oxygen atoms in total. The van der Waals surface area contributed by atoms with E-state index in [-0.39, 0.29) is 0 Å². The van der Waals surface area contributed by atoms with E-state index in [1.165, 1.54) is 94.8 Å². The van der Waals surface area contributed by atoms with Crippen molar-refractivity contribution in [2.75, 3.05) is 13.2 Å². The van der Waals surface area contributed by atoms with Gasteiger partial charge in [0, 0.05) is 5.56 Å². The number of benzene rings is 2. The summed E-state index contributed by atoms with van der Waals surface area (Å²) < 4.78 is 11.8. The van der Waals surface area contributed by atoms with Crippen LogP contribution in [0.4, 0.5) is 10.8 Å². The molecule has 0 bridgehead atoms. The average molecular weight is 565 g/mol. The first-order valence-electron chi connectivity index (χ1n) is 15.5. The summed E-state index contributed by atoms with van der Waals surface area (Å²) in [5.41, 5.74) is 1.76. The van der Waals surface area contributed by atoms with Gasteiger partial charge in [-0.1, -0.05) is 109 Å². The van der Waals surface area contributed by atoms with Crippen molar-refractivity contribution in [1.82, 2.24) is 10.2 Å². The maximum absolute atomic E-state index is 5.90. The molecule has 0 saturated heterocycles. The monoisotopic (exact) mass is 564 g/mol. The summed E-state index contributed by atoms with van der Waals surface area (Å²) in [6.45, 7) is 6.04. The minimum Gasteiger partial charge on any atom is -0.494 e. The van der Waals surface area contributed by atoms with E-state index in [1.807, 2.05) is 48.5 Å². The second-order valence-corrected chi connectivity index (χ2v) is 11.4. The van der Waals surface area contributed by atoms with Crippen molar-refractivity contribution in [3.63, 3.8) is 0 Å². The minimum atomic E-state index is 0.532. The van der Waals surface area contributed by atoms with Gasteiger partial charge in [-0.05, 0) is 61.4 Å². The number of unbranched alkanes of at least 4 members (excludes halogenated alkanes) is 13. The van der Waals surface area contributed by atoms with Gasteiger partial charge in [0.25, 0.3) is 5.13 Å². The Bertz CT molecular complexity index is 1070. The van der Waals surface area contributed by atoms with Crippen LogP contribution in [-0.4, -0.2) is 23.4 Å². The third-order valence-corrected chi connectivity index (χ3v) is 7.74. The second kappa shape index (κ2) is 20.1. The van der Waals surface area contributed by atoms with Crippen LogP contribution in [0.5, 0.6) is 11.5 Å². The van der Waals surface area contributed by atoms with E-state index in [2.05, 4.69) is 34.3 Å². The zero-order chi connectivity index (χ0) is 28.1. The molecular formula is C33H48N4O2S. The van der Waals surface area contributed by atoms with Gasteiger partial charge in [-0.3, -0.25) is 0 Å². The molecule has 3 rings (SSSR count). The Morgan fingerprint density at radius 3 is 1.55 bits per heavy atom. The lowest BCUT2D eigenvalue weighted by Gasteiger charge is -2.06. The van der Waals surface area contributed by atoms with Crippen LogP contribution in [0.25, 0.3) is 10.6 Å². The Kier molecular flexibility index (Phi) is 16.0. The standard InChI is InChI=1S/C33H48N4O2S/c1-3-5-7-9-11-13-15-17-27-39-31-24-20-29(21-25-31)34-36-33-37-35-32(40-33)28-18-22-30(23-19-28)38-26-16-14-12-10-8-6-4-2/h18-25H,3-17,26-27H2,1-2H3. The van der Waals surface area contributed by atoms with Gasteiger partial charge in [0.2, 0.25) is 0 Å². The average Bonchev–Trinajstić information content (AvgIpc) is 3.47. The number of ether oxygens (including phenoxy) is 2. The molecule has 1 heterocycles. The van der Waals surface area contributed by atoms with Crippen molar-refractivity contribution in [3.8, 4) is 22.1 Å². The van der Waals surface area contributed by atoms with E-state index in [0.717, 1.165) is 53.8 Å². The molecule has 0 radical (unpaired) electrons. The predicted molar refractivity (Wildman–Crippen MR) is 168 cm³/mol. The molecule has 1 aromatic heterocycles. The number of hydrogen-bond acceptors (Lipinski definition) is 7. The number of nitrogens with zero attached hydrogens (tertiary/aromatic N) is 4. The number of azo groups is 1. The fraction of sp³-hybridized carbons (Fsp3) is 0.576.